The third kappa shape index (κ3) is 6.41. The highest BCUT2D eigenvalue weighted by atomic mass is 32.1. The molecule has 1 aromatic carbocycles. The van der Waals surface area contributed by atoms with E-state index in [-0.39, 0.29) is 11.7 Å². The highest BCUT2D eigenvalue weighted by Crippen LogP contribution is 2.30. The molecule has 1 saturated heterocycles. The number of halogens is 2. The number of carbonyl (C=O) groups is 1. The fourth-order valence-corrected chi connectivity index (χ4v) is 4.90. The Morgan fingerprint density at radius 3 is 2.63 bits per heavy atom. The number of benzene rings is 1. The summed E-state index contributed by atoms with van der Waals surface area (Å²) in [5, 5.41) is 6.08. The fraction of sp³-hybridized carbons (Fsp3) is 0.458. The van der Waals surface area contributed by atoms with Crippen LogP contribution in [0.4, 0.5) is 30.2 Å². The zero-order valence-corrected chi connectivity index (χ0v) is 21.0. The molecule has 1 fully saturated rings. The van der Waals surface area contributed by atoms with Gasteiger partial charge >= 0.3 is 6.03 Å². The molecule has 1 aliphatic rings. The summed E-state index contributed by atoms with van der Waals surface area (Å²) in [7, 11) is 1.66. The van der Waals surface area contributed by atoms with Crippen LogP contribution in [0.3, 0.4) is 0 Å². The maximum absolute atomic E-state index is 14.1. The Morgan fingerprint density at radius 1 is 1.14 bits per heavy atom. The van der Waals surface area contributed by atoms with E-state index in [1.165, 1.54) is 28.4 Å². The molecule has 2 aromatic heterocycles. The maximum atomic E-state index is 14.1. The highest BCUT2D eigenvalue weighted by Gasteiger charge is 2.18. The molecule has 0 saturated carbocycles. The van der Waals surface area contributed by atoms with Crippen LogP contribution in [0.1, 0.15) is 20.3 Å². The summed E-state index contributed by atoms with van der Waals surface area (Å²) >= 11 is 1.24. The molecule has 35 heavy (non-hydrogen) atoms. The average molecular weight is 504 g/mol. The van der Waals surface area contributed by atoms with Crippen molar-refractivity contribution in [2.24, 2.45) is 0 Å². The largest absolute Gasteiger partial charge is 0.338 e. The number of amides is 2. The highest BCUT2D eigenvalue weighted by molar-refractivity contribution is 7.22. The number of nitrogens with one attached hydrogen (secondary N) is 2. The van der Waals surface area contributed by atoms with Crippen molar-refractivity contribution in [2.75, 3.05) is 56.5 Å². The van der Waals surface area contributed by atoms with Gasteiger partial charge in [-0.3, -0.25) is 10.2 Å². The van der Waals surface area contributed by atoms with Gasteiger partial charge in [-0.05, 0) is 51.1 Å². The number of rotatable bonds is 8. The molecule has 0 atom stereocenters. The lowest BCUT2D eigenvalue weighted by atomic mass is 10.2. The van der Waals surface area contributed by atoms with Gasteiger partial charge < -0.3 is 15.1 Å². The van der Waals surface area contributed by atoms with Crippen LogP contribution in [0, 0.1) is 11.6 Å². The van der Waals surface area contributed by atoms with E-state index in [1.807, 2.05) is 0 Å². The molecule has 0 bridgehead atoms. The standard InChI is InChI=1S/C24H31F2N7OS/c1-16(2)33-13-11-32(12-14-33)10-4-9-27-23(34)30-24-28-19-6-8-21(29-22(19)35-24)31(3)20-7-5-17(25)15-18(20)26/h5-8,15-16H,4,9-14H2,1-3H3,(H2,27,28,30,34). The quantitative estimate of drug-likeness (QED) is 0.447. The first-order chi connectivity index (χ1) is 16.8. The van der Waals surface area contributed by atoms with E-state index in [0.29, 0.717) is 33.9 Å². The molecule has 188 valence electrons. The molecule has 0 aliphatic carbocycles. The van der Waals surface area contributed by atoms with Gasteiger partial charge in [-0.25, -0.2) is 23.5 Å². The van der Waals surface area contributed by atoms with Crippen LogP contribution in [0.2, 0.25) is 0 Å². The summed E-state index contributed by atoms with van der Waals surface area (Å²) in [6, 6.07) is 7.15. The maximum Gasteiger partial charge on any atom is 0.321 e. The van der Waals surface area contributed by atoms with Gasteiger partial charge in [-0.2, -0.15) is 0 Å². The minimum Gasteiger partial charge on any atom is -0.338 e. The summed E-state index contributed by atoms with van der Waals surface area (Å²) < 4.78 is 27.4. The Balaban J connectivity index is 1.27. The van der Waals surface area contributed by atoms with E-state index in [4.69, 9.17) is 0 Å². The molecular formula is C24H31F2N7OS. The first-order valence-corrected chi connectivity index (χ1v) is 12.6. The van der Waals surface area contributed by atoms with Gasteiger partial charge in [0.15, 0.2) is 5.13 Å². The number of urea groups is 1. The predicted molar refractivity (Wildman–Crippen MR) is 137 cm³/mol. The first-order valence-electron chi connectivity index (χ1n) is 11.8. The van der Waals surface area contributed by atoms with Crippen LogP contribution in [-0.4, -0.2) is 78.2 Å². The van der Waals surface area contributed by atoms with Gasteiger partial charge in [0.2, 0.25) is 0 Å². The lowest BCUT2D eigenvalue weighted by Gasteiger charge is -2.36. The van der Waals surface area contributed by atoms with Crippen LogP contribution in [0.15, 0.2) is 30.3 Å². The molecule has 1 aliphatic heterocycles. The number of nitrogens with zero attached hydrogens (tertiary/aromatic N) is 5. The van der Waals surface area contributed by atoms with Crippen LogP contribution < -0.4 is 15.5 Å². The number of anilines is 3. The molecule has 2 amide bonds. The van der Waals surface area contributed by atoms with E-state index in [9.17, 15) is 13.6 Å². The molecule has 0 radical (unpaired) electrons. The second kappa shape index (κ2) is 11.2. The third-order valence-corrected chi connectivity index (χ3v) is 7.03. The number of hydrogen-bond acceptors (Lipinski definition) is 7. The zero-order chi connectivity index (χ0) is 24.9. The second-order valence-corrected chi connectivity index (χ2v) is 9.85. The SMILES string of the molecule is CC(C)N1CCN(CCCNC(=O)Nc2nc3ccc(N(C)c4ccc(F)cc4F)nc3s2)CC1. The first kappa shape index (κ1) is 25.2. The number of piperazine rings is 1. The fourth-order valence-electron chi connectivity index (χ4n) is 4.07. The van der Waals surface area contributed by atoms with Crippen molar-refractivity contribution in [1.29, 1.82) is 0 Å². The van der Waals surface area contributed by atoms with Crippen LogP contribution in [0.5, 0.6) is 0 Å². The Kier molecular flexibility index (Phi) is 8.09. The Labute approximate surface area is 207 Å². The smallest absolute Gasteiger partial charge is 0.321 e. The van der Waals surface area contributed by atoms with Crippen LogP contribution in [0.25, 0.3) is 10.3 Å². The minimum atomic E-state index is -0.671. The average Bonchev–Trinajstić information content (AvgIpc) is 3.23. The van der Waals surface area contributed by atoms with Crippen molar-refractivity contribution < 1.29 is 13.6 Å². The lowest BCUT2D eigenvalue weighted by Crippen LogP contribution is -2.49. The van der Waals surface area contributed by atoms with Gasteiger partial charge in [-0.15, -0.1) is 0 Å². The van der Waals surface area contributed by atoms with E-state index in [0.717, 1.165) is 45.2 Å². The Hall–Kier alpha value is -2.89. The van der Waals surface area contributed by atoms with Gasteiger partial charge in [0, 0.05) is 51.9 Å². The number of thiazole rings is 1. The van der Waals surface area contributed by atoms with E-state index < -0.39 is 11.6 Å². The molecule has 0 spiro atoms. The van der Waals surface area contributed by atoms with Crippen molar-refractivity contribution >= 4 is 44.4 Å². The number of carbonyl (C=O) groups excluding carboxylic acids is 1. The van der Waals surface area contributed by atoms with Crippen LogP contribution in [-0.2, 0) is 0 Å². The van der Waals surface area contributed by atoms with Crippen molar-refractivity contribution in [1.82, 2.24) is 25.1 Å². The van der Waals surface area contributed by atoms with Crippen molar-refractivity contribution in [3.8, 4) is 0 Å². The Morgan fingerprint density at radius 2 is 1.91 bits per heavy atom. The zero-order valence-electron chi connectivity index (χ0n) is 20.2. The van der Waals surface area contributed by atoms with Crippen molar-refractivity contribution in [3.63, 3.8) is 0 Å². The normalized spacial score (nSPS) is 15.0. The molecule has 2 N–H and O–H groups in total. The van der Waals surface area contributed by atoms with E-state index in [2.05, 4.69) is 44.2 Å². The van der Waals surface area contributed by atoms with Gasteiger partial charge in [0.1, 0.15) is 27.8 Å². The van der Waals surface area contributed by atoms with Crippen molar-refractivity contribution in [2.45, 2.75) is 26.3 Å². The van der Waals surface area contributed by atoms with E-state index in [1.54, 1.807) is 19.2 Å². The topological polar surface area (TPSA) is 76.6 Å². The number of aromatic nitrogens is 2. The van der Waals surface area contributed by atoms with Gasteiger partial charge in [0.25, 0.3) is 0 Å². The molecule has 3 aromatic rings. The van der Waals surface area contributed by atoms with Crippen LogP contribution >= 0.6 is 11.3 Å². The Bertz CT molecular complexity index is 1160. The van der Waals surface area contributed by atoms with E-state index >= 15 is 0 Å². The number of fused-ring (bicyclic) bond motifs is 1. The summed E-state index contributed by atoms with van der Waals surface area (Å²) in [6.07, 6.45) is 0.881. The third-order valence-electron chi connectivity index (χ3n) is 6.15. The molecule has 8 nitrogen and oxygen atoms in total. The molecule has 0 unspecified atom stereocenters. The van der Waals surface area contributed by atoms with Crippen molar-refractivity contribution in [3.05, 3.63) is 42.0 Å². The number of pyridine rings is 1. The molecule has 4 rings (SSSR count). The molecule has 3 heterocycles. The molecular weight excluding hydrogens is 472 g/mol. The lowest BCUT2D eigenvalue weighted by molar-refractivity contribution is 0.108. The summed E-state index contributed by atoms with van der Waals surface area (Å²) in [5.74, 6) is -0.823. The second-order valence-electron chi connectivity index (χ2n) is 8.87. The summed E-state index contributed by atoms with van der Waals surface area (Å²) in [4.78, 5) is 28.3. The number of hydrogen-bond donors (Lipinski definition) is 2. The monoisotopic (exact) mass is 503 g/mol. The minimum absolute atomic E-state index is 0.210. The molecule has 11 heteroatoms. The van der Waals surface area contributed by atoms with Gasteiger partial charge in [0.05, 0.1) is 5.69 Å². The predicted octanol–water partition coefficient (Wildman–Crippen LogP) is 4.28. The summed E-state index contributed by atoms with van der Waals surface area (Å²) in [6.45, 7) is 10.3. The van der Waals surface area contributed by atoms with Gasteiger partial charge in [-0.1, -0.05) is 11.3 Å². The summed E-state index contributed by atoms with van der Waals surface area (Å²) in [5.41, 5.74) is 0.838.